The highest BCUT2D eigenvalue weighted by Crippen LogP contribution is 2.50. The fourth-order valence-electron chi connectivity index (χ4n) is 4.56. The van der Waals surface area contributed by atoms with E-state index in [1.807, 2.05) is 0 Å². The zero-order valence-electron chi connectivity index (χ0n) is 19.7. The molecule has 1 aromatic heterocycles. The molecule has 0 spiro atoms. The number of carbonyl (C=O) groups excluding carboxylic acids is 1. The van der Waals surface area contributed by atoms with E-state index >= 15 is 0 Å². The second kappa shape index (κ2) is 9.40. The van der Waals surface area contributed by atoms with Crippen molar-refractivity contribution in [2.75, 3.05) is 11.5 Å². The normalized spacial score (nSPS) is 19.8. The Morgan fingerprint density at radius 1 is 1.14 bits per heavy atom. The highest BCUT2D eigenvalue weighted by Gasteiger charge is 2.39. The molecule has 1 atom stereocenters. The molecule has 3 aromatic carbocycles. The molecule has 0 saturated carbocycles. The molecule has 5 rings (SSSR count). The van der Waals surface area contributed by atoms with E-state index in [2.05, 4.69) is 15.2 Å². The van der Waals surface area contributed by atoms with E-state index < -0.39 is 28.6 Å². The van der Waals surface area contributed by atoms with Crippen molar-refractivity contribution in [1.82, 2.24) is 15.1 Å². The summed E-state index contributed by atoms with van der Waals surface area (Å²) in [6.07, 6.45) is 0.442. The number of nitrogens with one attached hydrogen (secondary N) is 1. The Bertz CT molecular complexity index is 1480. The molecule has 0 radical (unpaired) electrons. The number of amides is 1. The van der Waals surface area contributed by atoms with Crippen molar-refractivity contribution >= 4 is 27.4 Å². The predicted octanol–water partition coefficient (Wildman–Crippen LogP) is 6.08. The molecule has 0 aliphatic carbocycles. The summed E-state index contributed by atoms with van der Waals surface area (Å²) in [4.78, 5) is 13.1. The largest absolute Gasteiger partial charge is 0.435 e. The molecular formula is C26H24F3N3O4S. The van der Waals surface area contributed by atoms with Crippen molar-refractivity contribution in [3.05, 3.63) is 78.1 Å². The molecule has 4 aromatic rings. The average Bonchev–Trinajstić information content (AvgIpc) is 3.35. The Balaban J connectivity index is 1.58. The van der Waals surface area contributed by atoms with Crippen LogP contribution in [0.25, 0.3) is 27.8 Å². The van der Waals surface area contributed by atoms with E-state index in [0.717, 1.165) is 0 Å². The summed E-state index contributed by atoms with van der Waals surface area (Å²) in [5.41, 5.74) is 1.62. The van der Waals surface area contributed by atoms with Crippen LogP contribution in [-0.2, 0) is 0 Å². The van der Waals surface area contributed by atoms with Crippen molar-refractivity contribution in [2.45, 2.75) is 25.5 Å². The first-order chi connectivity index (χ1) is 17.5. The predicted molar refractivity (Wildman–Crippen MR) is 136 cm³/mol. The van der Waals surface area contributed by atoms with Gasteiger partial charge in [0.15, 0.2) is 0 Å². The first-order valence-electron chi connectivity index (χ1n) is 11.4. The second-order valence-corrected chi connectivity index (χ2v) is 11.6. The number of benzene rings is 3. The first kappa shape index (κ1) is 25.1. The van der Waals surface area contributed by atoms with E-state index in [1.165, 1.54) is 24.3 Å². The van der Waals surface area contributed by atoms with Gasteiger partial charge in [0.2, 0.25) is 0 Å². The van der Waals surface area contributed by atoms with Gasteiger partial charge in [0, 0.05) is 22.3 Å². The Hall–Kier alpha value is -3.54. The van der Waals surface area contributed by atoms with Crippen LogP contribution in [-0.4, -0.2) is 48.4 Å². The van der Waals surface area contributed by atoms with Gasteiger partial charge in [-0.05, 0) is 67.9 Å². The molecule has 194 valence electrons. The van der Waals surface area contributed by atoms with Gasteiger partial charge < -0.3 is 10.1 Å². The molecule has 0 bridgehead atoms. The zero-order valence-corrected chi connectivity index (χ0v) is 20.5. The Labute approximate surface area is 212 Å². The van der Waals surface area contributed by atoms with Crippen molar-refractivity contribution in [1.29, 1.82) is 0 Å². The Kier molecular flexibility index (Phi) is 6.38. The molecule has 1 saturated heterocycles. The maximum absolute atomic E-state index is 13.6. The number of alkyl halides is 2. The summed E-state index contributed by atoms with van der Waals surface area (Å²) in [7, 11) is -2.72. The lowest BCUT2D eigenvalue weighted by Crippen LogP contribution is -2.46. The molecule has 2 heterocycles. The number of rotatable bonds is 6. The van der Waals surface area contributed by atoms with Gasteiger partial charge in [-0.25, -0.2) is 9.07 Å². The number of aromatic nitrogens is 2. The molecule has 3 N–H and O–H groups in total. The molecule has 11 heteroatoms. The summed E-state index contributed by atoms with van der Waals surface area (Å²) in [5, 5.41) is 8.23. The molecular weight excluding hydrogens is 507 g/mol. The number of carbonyl (C=O) groups is 1. The summed E-state index contributed by atoms with van der Waals surface area (Å²) in [5.74, 6) is -0.514. The van der Waals surface area contributed by atoms with E-state index in [4.69, 9.17) is 0 Å². The smallest absolute Gasteiger partial charge is 0.387 e. The lowest BCUT2D eigenvalue weighted by atomic mass is 10.0. The van der Waals surface area contributed by atoms with Gasteiger partial charge in [0.1, 0.15) is 17.3 Å². The van der Waals surface area contributed by atoms with Gasteiger partial charge in [-0.15, -0.1) is 0 Å². The van der Waals surface area contributed by atoms with Crippen LogP contribution in [0.15, 0.2) is 66.7 Å². The minimum absolute atomic E-state index is 0.0243. The van der Waals surface area contributed by atoms with Crippen LogP contribution < -0.4 is 10.1 Å². The van der Waals surface area contributed by atoms with Gasteiger partial charge in [0.05, 0.1) is 22.5 Å². The van der Waals surface area contributed by atoms with Crippen molar-refractivity contribution < 1.29 is 31.8 Å². The molecule has 1 aliphatic heterocycles. The standard InChI is InChI=1S/C26H24F3N3O4S/c1-26(11-12-37(34,35)15-26)30-24(33)17-5-10-21-22(14-17)32(19-8-6-18(27)7-9-19)31-23(21)16-3-2-4-20(13-16)36-25(28)29/h2-10,13-14,25,34-35H,11-12,15H2,1H3,(H,30,33). The minimum atomic E-state index is -2.98. The fourth-order valence-corrected chi connectivity index (χ4v) is 6.71. The van der Waals surface area contributed by atoms with Crippen LogP contribution in [0.5, 0.6) is 5.75 Å². The van der Waals surface area contributed by atoms with Crippen LogP contribution in [0, 0.1) is 5.82 Å². The van der Waals surface area contributed by atoms with Gasteiger partial charge in [-0.1, -0.05) is 12.1 Å². The third kappa shape index (κ3) is 5.29. The maximum atomic E-state index is 13.6. The number of fused-ring (bicyclic) bond motifs is 1. The van der Waals surface area contributed by atoms with Crippen LogP contribution in [0.2, 0.25) is 0 Å². The highest BCUT2D eigenvalue weighted by molar-refractivity contribution is 8.24. The Morgan fingerprint density at radius 2 is 1.89 bits per heavy atom. The fraction of sp³-hybridized carbons (Fsp3) is 0.231. The van der Waals surface area contributed by atoms with E-state index in [-0.39, 0.29) is 23.2 Å². The summed E-state index contributed by atoms with van der Waals surface area (Å²) in [6, 6.07) is 16.8. The third-order valence-electron chi connectivity index (χ3n) is 6.29. The molecule has 1 unspecified atom stereocenters. The number of nitrogens with zero attached hydrogens (tertiary/aromatic N) is 2. The molecule has 37 heavy (non-hydrogen) atoms. The molecule has 1 fully saturated rings. The van der Waals surface area contributed by atoms with E-state index in [9.17, 15) is 27.1 Å². The monoisotopic (exact) mass is 531 g/mol. The van der Waals surface area contributed by atoms with Gasteiger partial charge in [-0.2, -0.15) is 24.5 Å². The molecule has 1 aliphatic rings. The van der Waals surface area contributed by atoms with Crippen molar-refractivity contribution in [2.24, 2.45) is 0 Å². The topological polar surface area (TPSA) is 96.6 Å². The van der Waals surface area contributed by atoms with Gasteiger partial charge in [0.25, 0.3) is 5.91 Å². The molecule has 7 nitrogen and oxygen atoms in total. The zero-order chi connectivity index (χ0) is 26.4. The van der Waals surface area contributed by atoms with Crippen molar-refractivity contribution in [3.8, 4) is 22.7 Å². The van der Waals surface area contributed by atoms with E-state index in [1.54, 1.807) is 54.1 Å². The van der Waals surface area contributed by atoms with Crippen LogP contribution in [0.4, 0.5) is 13.2 Å². The lowest BCUT2D eigenvalue weighted by molar-refractivity contribution is -0.0498. The van der Waals surface area contributed by atoms with Crippen LogP contribution >= 0.6 is 10.6 Å². The number of hydrogen-bond donors (Lipinski definition) is 3. The van der Waals surface area contributed by atoms with E-state index in [0.29, 0.717) is 39.8 Å². The maximum Gasteiger partial charge on any atom is 0.387 e. The first-order valence-corrected chi connectivity index (χ1v) is 13.3. The summed E-state index contributed by atoms with van der Waals surface area (Å²) >= 11 is 0. The number of halogens is 3. The second-order valence-electron chi connectivity index (χ2n) is 9.29. The number of hydrogen-bond acceptors (Lipinski definition) is 5. The van der Waals surface area contributed by atoms with Gasteiger partial charge >= 0.3 is 6.61 Å². The minimum Gasteiger partial charge on any atom is -0.435 e. The number of ether oxygens (including phenoxy) is 1. The SMILES string of the molecule is CC1(NC(=O)c2ccc3c(-c4cccc(OC(F)F)c4)nn(-c4ccc(F)cc4)c3c2)CCS(O)(O)C1. The lowest BCUT2D eigenvalue weighted by Gasteiger charge is -2.30. The highest BCUT2D eigenvalue weighted by atomic mass is 32.3. The van der Waals surface area contributed by atoms with Gasteiger partial charge in [-0.3, -0.25) is 13.9 Å². The average molecular weight is 532 g/mol. The molecule has 1 amide bonds. The van der Waals surface area contributed by atoms with Crippen molar-refractivity contribution in [3.63, 3.8) is 0 Å². The van der Waals surface area contributed by atoms with Crippen LogP contribution in [0.3, 0.4) is 0 Å². The third-order valence-corrected chi connectivity index (χ3v) is 8.25. The summed E-state index contributed by atoms with van der Waals surface area (Å²) < 4.78 is 65.2. The quantitative estimate of drug-likeness (QED) is 0.280. The summed E-state index contributed by atoms with van der Waals surface area (Å²) in [6.45, 7) is -1.20. The van der Waals surface area contributed by atoms with Crippen LogP contribution in [0.1, 0.15) is 23.7 Å². The Morgan fingerprint density at radius 3 is 2.57 bits per heavy atom.